The summed E-state index contributed by atoms with van der Waals surface area (Å²) in [4.78, 5) is 14.7. The maximum absolute atomic E-state index is 12.6. The molecule has 3 rings (SSSR count). The van der Waals surface area contributed by atoms with Crippen LogP contribution in [0.4, 0.5) is 0 Å². The number of fused-ring (bicyclic) bond motifs is 1. The van der Waals surface area contributed by atoms with Crippen molar-refractivity contribution in [1.29, 1.82) is 0 Å². The molecule has 3 aromatic rings. The molecule has 0 aliphatic rings. The second-order valence-electron chi connectivity index (χ2n) is 7.95. The molecule has 1 unspecified atom stereocenters. The molecule has 31 heavy (non-hydrogen) atoms. The van der Waals surface area contributed by atoms with Gasteiger partial charge in [-0.2, -0.15) is 0 Å². The van der Waals surface area contributed by atoms with E-state index in [1.807, 2.05) is 43.6 Å². The minimum atomic E-state index is -0.463. The lowest BCUT2D eigenvalue weighted by Crippen LogP contribution is -2.32. The molecular weight excluding hydrogens is 388 g/mol. The highest BCUT2D eigenvalue weighted by atomic mass is 16.5. The van der Waals surface area contributed by atoms with Crippen LogP contribution >= 0.6 is 0 Å². The number of nitrogens with zero attached hydrogens (tertiary/aromatic N) is 2. The number of likely N-dealkylation sites (N-methyl/N-ethyl adjacent to an activating group) is 1. The molecule has 5 nitrogen and oxygen atoms in total. The van der Waals surface area contributed by atoms with Gasteiger partial charge in [0.15, 0.2) is 5.78 Å². The first-order chi connectivity index (χ1) is 15.0. The summed E-state index contributed by atoms with van der Waals surface area (Å²) >= 11 is 0. The zero-order valence-electron chi connectivity index (χ0n) is 18.6. The van der Waals surface area contributed by atoms with E-state index in [1.165, 1.54) is 0 Å². The molecule has 0 aliphatic carbocycles. The van der Waals surface area contributed by atoms with E-state index in [0.717, 1.165) is 41.6 Å². The van der Waals surface area contributed by atoms with Crippen LogP contribution in [0, 0.1) is 0 Å². The maximum Gasteiger partial charge on any atom is 0.185 e. The molecule has 0 bridgehead atoms. The first kappa shape index (κ1) is 22.8. The van der Waals surface area contributed by atoms with E-state index in [1.54, 1.807) is 37.5 Å². The number of carbonyl (C=O) groups excluding carboxylic acids is 1. The third-order valence-corrected chi connectivity index (χ3v) is 5.43. The van der Waals surface area contributed by atoms with Crippen molar-refractivity contribution in [3.63, 3.8) is 0 Å². The van der Waals surface area contributed by atoms with Crippen molar-refractivity contribution in [3.8, 4) is 5.75 Å². The highest BCUT2D eigenvalue weighted by Crippen LogP contribution is 2.23. The van der Waals surface area contributed by atoms with Gasteiger partial charge in [0.05, 0.1) is 13.2 Å². The Bertz CT molecular complexity index is 1020. The summed E-state index contributed by atoms with van der Waals surface area (Å²) in [6.07, 6.45) is 7.28. The minimum absolute atomic E-state index is 0.0583. The molecule has 1 atom stereocenters. The van der Waals surface area contributed by atoms with Gasteiger partial charge in [-0.25, -0.2) is 0 Å². The van der Waals surface area contributed by atoms with Gasteiger partial charge in [-0.05, 0) is 62.5 Å². The van der Waals surface area contributed by atoms with Crippen molar-refractivity contribution < 1.29 is 14.6 Å². The first-order valence-electron chi connectivity index (χ1n) is 10.8. The summed E-state index contributed by atoms with van der Waals surface area (Å²) in [6, 6.07) is 15.2. The van der Waals surface area contributed by atoms with Crippen LogP contribution in [0.5, 0.6) is 5.75 Å². The van der Waals surface area contributed by atoms with Crippen LogP contribution in [0.25, 0.3) is 17.0 Å². The van der Waals surface area contributed by atoms with Gasteiger partial charge in [0.25, 0.3) is 0 Å². The molecular formula is C26H32N2O3. The van der Waals surface area contributed by atoms with Crippen molar-refractivity contribution >= 4 is 22.8 Å². The Morgan fingerprint density at radius 3 is 2.65 bits per heavy atom. The first-order valence-corrected chi connectivity index (χ1v) is 10.8. The lowest BCUT2D eigenvalue weighted by Gasteiger charge is -2.21. The number of unbranched alkanes of at least 4 members (excludes halogenated alkanes) is 1. The van der Waals surface area contributed by atoms with E-state index in [9.17, 15) is 9.90 Å². The Balaban J connectivity index is 1.75. The molecule has 0 fully saturated rings. The SMILES string of the molecule is CCCCN(C)CC(O)Cn1cc(C=CC(=O)c2ccc(OC)cc2)c2ccccc21. The summed E-state index contributed by atoms with van der Waals surface area (Å²) < 4.78 is 7.22. The minimum Gasteiger partial charge on any atom is -0.497 e. The van der Waals surface area contributed by atoms with Crippen LogP contribution in [0.1, 0.15) is 35.7 Å². The number of rotatable bonds is 11. The number of aliphatic hydroxyl groups is 1. The normalized spacial score (nSPS) is 12.7. The summed E-state index contributed by atoms with van der Waals surface area (Å²) in [5.74, 6) is 0.666. The number of ketones is 1. The predicted molar refractivity (Wildman–Crippen MR) is 127 cm³/mol. The highest BCUT2D eigenvalue weighted by Gasteiger charge is 2.13. The van der Waals surface area contributed by atoms with Crippen LogP contribution in [0.3, 0.4) is 0 Å². The maximum atomic E-state index is 12.6. The second kappa shape index (κ2) is 10.9. The topological polar surface area (TPSA) is 54.7 Å². The zero-order valence-corrected chi connectivity index (χ0v) is 18.6. The Labute approximate surface area is 184 Å². The zero-order chi connectivity index (χ0) is 22.2. The number of allylic oxidation sites excluding steroid dienone is 1. The highest BCUT2D eigenvalue weighted by molar-refractivity contribution is 6.07. The van der Waals surface area contributed by atoms with Gasteiger partial charge in [-0.1, -0.05) is 31.5 Å². The molecule has 1 aromatic heterocycles. The van der Waals surface area contributed by atoms with Crippen molar-refractivity contribution in [2.45, 2.75) is 32.4 Å². The fourth-order valence-corrected chi connectivity index (χ4v) is 3.74. The number of aromatic nitrogens is 1. The Hall–Kier alpha value is -2.89. The average Bonchev–Trinajstić information content (AvgIpc) is 3.13. The van der Waals surface area contributed by atoms with Gasteiger partial charge in [0.2, 0.25) is 0 Å². The van der Waals surface area contributed by atoms with Crippen LogP contribution in [-0.2, 0) is 6.54 Å². The van der Waals surface area contributed by atoms with Gasteiger partial charge < -0.3 is 19.3 Å². The lowest BCUT2D eigenvalue weighted by molar-refractivity contribution is 0.104. The second-order valence-corrected chi connectivity index (χ2v) is 7.95. The van der Waals surface area contributed by atoms with E-state index >= 15 is 0 Å². The molecule has 1 N–H and O–H groups in total. The number of hydrogen-bond donors (Lipinski definition) is 1. The Morgan fingerprint density at radius 1 is 1.19 bits per heavy atom. The summed E-state index contributed by atoms with van der Waals surface area (Å²) in [5, 5.41) is 11.7. The Morgan fingerprint density at radius 2 is 1.94 bits per heavy atom. The fourth-order valence-electron chi connectivity index (χ4n) is 3.74. The number of ether oxygens (including phenoxy) is 1. The number of methoxy groups -OCH3 is 1. The van der Waals surface area contributed by atoms with Gasteiger partial charge >= 0.3 is 0 Å². The molecule has 5 heteroatoms. The van der Waals surface area contributed by atoms with Crippen LogP contribution in [0.15, 0.2) is 60.8 Å². The number of para-hydroxylation sites is 1. The average molecular weight is 421 g/mol. The number of benzene rings is 2. The molecule has 0 amide bonds. The van der Waals surface area contributed by atoms with E-state index in [4.69, 9.17) is 4.74 Å². The summed E-state index contributed by atoms with van der Waals surface area (Å²) in [6.45, 7) is 4.30. The van der Waals surface area contributed by atoms with Crippen molar-refractivity contribution in [2.75, 3.05) is 27.2 Å². The van der Waals surface area contributed by atoms with E-state index in [-0.39, 0.29) is 5.78 Å². The van der Waals surface area contributed by atoms with Gasteiger partial charge in [-0.15, -0.1) is 0 Å². The summed E-state index contributed by atoms with van der Waals surface area (Å²) in [7, 11) is 3.65. The molecule has 0 aliphatic heterocycles. The van der Waals surface area contributed by atoms with Crippen LogP contribution in [-0.4, -0.2) is 53.7 Å². The van der Waals surface area contributed by atoms with Gasteiger partial charge in [0.1, 0.15) is 5.75 Å². The van der Waals surface area contributed by atoms with Crippen molar-refractivity contribution in [1.82, 2.24) is 9.47 Å². The quantitative estimate of drug-likeness (QED) is 0.363. The fraction of sp³-hybridized carbons (Fsp3) is 0.346. The third kappa shape index (κ3) is 6.06. The van der Waals surface area contributed by atoms with E-state index < -0.39 is 6.10 Å². The molecule has 1 heterocycles. The third-order valence-electron chi connectivity index (χ3n) is 5.43. The van der Waals surface area contributed by atoms with Crippen LogP contribution in [0.2, 0.25) is 0 Å². The largest absolute Gasteiger partial charge is 0.497 e. The number of hydrogen-bond acceptors (Lipinski definition) is 4. The van der Waals surface area contributed by atoms with Crippen LogP contribution < -0.4 is 4.74 Å². The molecule has 0 radical (unpaired) electrons. The standard InChI is InChI=1S/C26H32N2O3/c1-4-5-16-27(2)18-22(29)19-28-17-21(24-8-6-7-9-25(24)28)12-15-26(30)20-10-13-23(31-3)14-11-20/h6-15,17,22,29H,4-5,16,18-19H2,1-3H3. The smallest absolute Gasteiger partial charge is 0.185 e. The molecule has 2 aromatic carbocycles. The van der Waals surface area contributed by atoms with Crippen molar-refractivity contribution in [2.24, 2.45) is 0 Å². The predicted octanol–water partition coefficient (Wildman–Crippen LogP) is 4.64. The van der Waals surface area contributed by atoms with Gasteiger partial charge in [0, 0.05) is 41.3 Å². The molecule has 0 saturated carbocycles. The molecule has 164 valence electrons. The van der Waals surface area contributed by atoms with E-state index in [0.29, 0.717) is 18.7 Å². The van der Waals surface area contributed by atoms with Crippen molar-refractivity contribution in [3.05, 3.63) is 71.9 Å². The Kier molecular flexibility index (Phi) is 8.04. The molecule has 0 spiro atoms. The monoisotopic (exact) mass is 420 g/mol. The summed E-state index contributed by atoms with van der Waals surface area (Å²) in [5.41, 5.74) is 2.63. The number of carbonyl (C=O) groups is 1. The molecule has 0 saturated heterocycles. The van der Waals surface area contributed by atoms with E-state index in [2.05, 4.69) is 16.4 Å². The van der Waals surface area contributed by atoms with Gasteiger partial charge in [-0.3, -0.25) is 4.79 Å². The lowest BCUT2D eigenvalue weighted by atomic mass is 10.1. The number of aliphatic hydroxyl groups excluding tert-OH is 1.